The molecule has 9 heteroatoms. The molecule has 0 aliphatic heterocycles. The van der Waals surface area contributed by atoms with Gasteiger partial charge in [0.05, 0.1) is 16.3 Å². The second kappa shape index (κ2) is 7.65. The number of aromatic nitrogens is 2. The maximum atomic E-state index is 12.9. The number of hydrogen-bond acceptors (Lipinski definition) is 6. The molecule has 0 radical (unpaired) electrons. The van der Waals surface area contributed by atoms with Crippen LogP contribution in [0.15, 0.2) is 51.1 Å². The highest BCUT2D eigenvalue weighted by Crippen LogP contribution is 2.25. The van der Waals surface area contributed by atoms with Crippen molar-refractivity contribution in [2.45, 2.75) is 24.8 Å². The van der Waals surface area contributed by atoms with Crippen molar-refractivity contribution in [3.8, 4) is 10.8 Å². The molecule has 0 saturated carbocycles. The van der Waals surface area contributed by atoms with Crippen molar-refractivity contribution >= 4 is 33.0 Å². The molecule has 0 amide bonds. The van der Waals surface area contributed by atoms with Crippen molar-refractivity contribution < 1.29 is 12.8 Å². The van der Waals surface area contributed by atoms with Gasteiger partial charge >= 0.3 is 0 Å². The molecule has 0 saturated heterocycles. The number of thiophene rings is 1. The topological polar surface area (TPSA) is 76.3 Å². The second-order valence-electron chi connectivity index (χ2n) is 5.27. The Morgan fingerprint density at radius 2 is 2.08 bits per heavy atom. The summed E-state index contributed by atoms with van der Waals surface area (Å²) in [6, 6.07) is 9.96. The third-order valence-corrected chi connectivity index (χ3v) is 6.35. The van der Waals surface area contributed by atoms with Crippen molar-refractivity contribution in [2.75, 3.05) is 6.54 Å². The summed E-state index contributed by atoms with van der Waals surface area (Å²) in [4.78, 5) is 0.991. The van der Waals surface area contributed by atoms with E-state index in [1.807, 2.05) is 24.4 Å². The Hall–Kier alpha value is -1.74. The van der Waals surface area contributed by atoms with Gasteiger partial charge in [0.25, 0.3) is 5.89 Å². The van der Waals surface area contributed by atoms with Crippen molar-refractivity contribution in [2.24, 2.45) is 0 Å². The van der Waals surface area contributed by atoms with Crippen LogP contribution in [-0.4, -0.2) is 29.5 Å². The minimum Gasteiger partial charge on any atom is -0.418 e. The lowest BCUT2D eigenvalue weighted by Crippen LogP contribution is -2.31. The third-order valence-electron chi connectivity index (χ3n) is 3.42. The van der Waals surface area contributed by atoms with Crippen molar-refractivity contribution in [3.05, 3.63) is 52.7 Å². The molecule has 0 spiro atoms. The van der Waals surface area contributed by atoms with Gasteiger partial charge in [-0.1, -0.05) is 30.7 Å². The second-order valence-corrected chi connectivity index (χ2v) is 8.60. The first-order valence-electron chi connectivity index (χ1n) is 7.62. The van der Waals surface area contributed by atoms with E-state index in [-0.39, 0.29) is 17.3 Å². The molecule has 2 heterocycles. The molecule has 2 aromatic heterocycles. The van der Waals surface area contributed by atoms with Gasteiger partial charge in [-0.2, -0.15) is 4.31 Å². The molecule has 0 fully saturated rings. The Morgan fingerprint density at radius 3 is 2.76 bits per heavy atom. The molecule has 0 unspecified atom stereocenters. The van der Waals surface area contributed by atoms with Crippen LogP contribution in [0.4, 0.5) is 0 Å². The minimum absolute atomic E-state index is 0.0149. The summed E-state index contributed by atoms with van der Waals surface area (Å²) >= 11 is 7.41. The van der Waals surface area contributed by atoms with Gasteiger partial charge in [-0.3, -0.25) is 0 Å². The first kappa shape index (κ1) is 18.1. The molecule has 25 heavy (non-hydrogen) atoms. The SMILES string of the molecule is CCCN(Cc1nnc(-c2cccs2)o1)S(=O)(=O)c1cccc(Cl)c1. The summed E-state index contributed by atoms with van der Waals surface area (Å²) in [5.74, 6) is 0.643. The van der Waals surface area contributed by atoms with Crippen LogP contribution < -0.4 is 0 Å². The van der Waals surface area contributed by atoms with Crippen LogP contribution in [0.1, 0.15) is 19.2 Å². The van der Waals surface area contributed by atoms with Crippen LogP contribution in [0, 0.1) is 0 Å². The van der Waals surface area contributed by atoms with Gasteiger partial charge in [0.1, 0.15) is 0 Å². The summed E-state index contributed by atoms with van der Waals surface area (Å²) in [5.41, 5.74) is 0. The highest BCUT2D eigenvalue weighted by molar-refractivity contribution is 7.89. The van der Waals surface area contributed by atoms with Crippen molar-refractivity contribution in [1.29, 1.82) is 0 Å². The molecule has 6 nitrogen and oxygen atoms in total. The van der Waals surface area contributed by atoms with Crippen LogP contribution in [-0.2, 0) is 16.6 Å². The molecular weight excluding hydrogens is 382 g/mol. The van der Waals surface area contributed by atoms with E-state index in [0.29, 0.717) is 23.9 Å². The number of halogens is 1. The zero-order valence-electron chi connectivity index (χ0n) is 13.4. The minimum atomic E-state index is -3.70. The van der Waals surface area contributed by atoms with Gasteiger partial charge in [-0.25, -0.2) is 8.42 Å². The highest BCUT2D eigenvalue weighted by Gasteiger charge is 2.26. The van der Waals surface area contributed by atoms with Crippen molar-refractivity contribution in [1.82, 2.24) is 14.5 Å². The standard InChI is InChI=1S/C16H16ClN3O3S2/c1-2-8-20(25(21,22)13-6-3-5-12(17)10-13)11-15-18-19-16(23-15)14-7-4-9-24-14/h3-7,9-10H,2,8,11H2,1H3. The molecule has 3 rings (SSSR count). The van der Waals surface area contributed by atoms with Gasteiger partial charge in [-0.15, -0.1) is 21.5 Å². The predicted octanol–water partition coefficient (Wildman–Crippen LogP) is 4.05. The Kier molecular flexibility index (Phi) is 5.53. The number of rotatable bonds is 7. The van der Waals surface area contributed by atoms with Gasteiger partial charge in [0, 0.05) is 11.6 Å². The van der Waals surface area contributed by atoms with E-state index in [4.69, 9.17) is 16.0 Å². The summed E-state index contributed by atoms with van der Waals surface area (Å²) in [6.45, 7) is 2.26. The zero-order chi connectivity index (χ0) is 17.9. The fourth-order valence-electron chi connectivity index (χ4n) is 2.28. The van der Waals surface area contributed by atoms with Crippen LogP contribution in [0.5, 0.6) is 0 Å². The van der Waals surface area contributed by atoms with Crippen LogP contribution in [0.3, 0.4) is 0 Å². The quantitative estimate of drug-likeness (QED) is 0.601. The highest BCUT2D eigenvalue weighted by atomic mass is 35.5. The zero-order valence-corrected chi connectivity index (χ0v) is 15.8. The number of sulfonamides is 1. The van der Waals surface area contributed by atoms with Crippen LogP contribution in [0.25, 0.3) is 10.8 Å². The molecule has 0 aliphatic rings. The molecule has 0 aliphatic carbocycles. The summed E-state index contributed by atoms with van der Waals surface area (Å²) in [5, 5.41) is 10.2. The predicted molar refractivity (Wildman–Crippen MR) is 96.9 cm³/mol. The van der Waals surface area contributed by atoms with Gasteiger partial charge in [-0.05, 0) is 36.1 Å². The fourth-order valence-corrected chi connectivity index (χ4v) is 4.71. The smallest absolute Gasteiger partial charge is 0.257 e. The molecular formula is C16H16ClN3O3S2. The normalized spacial score (nSPS) is 12.0. The first-order chi connectivity index (χ1) is 12.0. The molecule has 1 aromatic carbocycles. The van der Waals surface area contributed by atoms with Gasteiger partial charge in [0.15, 0.2) is 0 Å². The Balaban J connectivity index is 1.86. The van der Waals surface area contributed by atoms with Crippen LogP contribution >= 0.6 is 22.9 Å². The lowest BCUT2D eigenvalue weighted by molar-refractivity contribution is 0.357. The van der Waals surface area contributed by atoms with Gasteiger partial charge in [0.2, 0.25) is 15.9 Å². The monoisotopic (exact) mass is 397 g/mol. The maximum absolute atomic E-state index is 12.9. The summed E-state index contributed by atoms with van der Waals surface area (Å²) in [7, 11) is -3.70. The van der Waals surface area contributed by atoms with Crippen molar-refractivity contribution in [3.63, 3.8) is 0 Å². The molecule has 0 bridgehead atoms. The average Bonchev–Trinajstić information content (AvgIpc) is 3.25. The Bertz CT molecular complexity index is 939. The average molecular weight is 398 g/mol. The molecule has 132 valence electrons. The molecule has 3 aromatic rings. The number of nitrogens with zero attached hydrogens (tertiary/aromatic N) is 3. The van der Waals surface area contributed by atoms with E-state index in [2.05, 4.69) is 10.2 Å². The molecule has 0 N–H and O–H groups in total. The van der Waals surface area contributed by atoms with Crippen LogP contribution in [0.2, 0.25) is 5.02 Å². The Morgan fingerprint density at radius 1 is 1.24 bits per heavy atom. The van der Waals surface area contributed by atoms with E-state index < -0.39 is 10.0 Å². The fraction of sp³-hybridized carbons (Fsp3) is 0.250. The number of hydrogen-bond donors (Lipinski definition) is 0. The van der Waals surface area contributed by atoms with E-state index in [0.717, 1.165) is 4.88 Å². The van der Waals surface area contributed by atoms with E-state index in [1.165, 1.54) is 27.8 Å². The summed E-state index contributed by atoms with van der Waals surface area (Å²) in [6.07, 6.45) is 0.658. The number of benzene rings is 1. The first-order valence-corrected chi connectivity index (χ1v) is 10.3. The third kappa shape index (κ3) is 4.09. The lowest BCUT2D eigenvalue weighted by Gasteiger charge is -2.20. The molecule has 0 atom stereocenters. The van der Waals surface area contributed by atoms with E-state index in [9.17, 15) is 8.42 Å². The maximum Gasteiger partial charge on any atom is 0.257 e. The van der Waals surface area contributed by atoms with E-state index >= 15 is 0 Å². The summed E-state index contributed by atoms with van der Waals surface area (Å²) < 4.78 is 32.7. The van der Waals surface area contributed by atoms with Gasteiger partial charge < -0.3 is 4.42 Å². The van der Waals surface area contributed by atoms with E-state index in [1.54, 1.807) is 12.1 Å². The largest absolute Gasteiger partial charge is 0.418 e. The lowest BCUT2D eigenvalue weighted by atomic mass is 10.4. The Labute approximate surface area is 155 Å².